The smallest absolute Gasteiger partial charge is 0.277 e. The highest BCUT2D eigenvalue weighted by Crippen LogP contribution is 2.35. The second-order valence-electron chi connectivity index (χ2n) is 8.55. The van der Waals surface area contributed by atoms with E-state index < -0.39 is 0 Å². The van der Waals surface area contributed by atoms with E-state index in [1.165, 1.54) is 42.7 Å². The molecule has 2 heterocycles. The Bertz CT molecular complexity index is 642. The molecule has 5 nitrogen and oxygen atoms in total. The van der Waals surface area contributed by atoms with Crippen LogP contribution in [0.4, 0.5) is 5.69 Å². The minimum Gasteiger partial charge on any atom is -0.497 e. The van der Waals surface area contributed by atoms with Crippen molar-refractivity contribution in [2.75, 3.05) is 57.8 Å². The van der Waals surface area contributed by atoms with Crippen LogP contribution in [0.2, 0.25) is 0 Å². The SMILES string of the molecule is COc1cccc(N2CC[NH+](CC(=O)N3CC[C@H]4CCCC[C@H]4C3)CC2)c1. The number of benzene rings is 1. The van der Waals surface area contributed by atoms with E-state index in [1.807, 2.05) is 12.1 Å². The summed E-state index contributed by atoms with van der Waals surface area (Å²) in [6, 6.07) is 8.28. The molecule has 148 valence electrons. The second-order valence-corrected chi connectivity index (χ2v) is 8.55. The van der Waals surface area contributed by atoms with Gasteiger partial charge >= 0.3 is 0 Å². The quantitative estimate of drug-likeness (QED) is 0.869. The first kappa shape index (κ1) is 18.6. The lowest BCUT2D eigenvalue weighted by Gasteiger charge is -2.41. The summed E-state index contributed by atoms with van der Waals surface area (Å²) in [6.07, 6.45) is 6.72. The van der Waals surface area contributed by atoms with Gasteiger partial charge in [-0.25, -0.2) is 0 Å². The number of likely N-dealkylation sites (tertiary alicyclic amines) is 1. The maximum atomic E-state index is 12.9. The molecule has 1 aliphatic carbocycles. The molecule has 27 heavy (non-hydrogen) atoms. The largest absolute Gasteiger partial charge is 0.497 e. The summed E-state index contributed by atoms with van der Waals surface area (Å²) in [4.78, 5) is 18.9. The van der Waals surface area contributed by atoms with Crippen molar-refractivity contribution in [1.82, 2.24) is 4.90 Å². The lowest BCUT2D eigenvalue weighted by Crippen LogP contribution is -3.16. The highest BCUT2D eigenvalue weighted by molar-refractivity contribution is 5.77. The molecule has 1 aromatic carbocycles. The molecule has 0 aromatic heterocycles. The number of piperazine rings is 1. The number of piperidine rings is 1. The molecule has 1 N–H and O–H groups in total. The molecule has 2 atom stereocenters. The summed E-state index contributed by atoms with van der Waals surface area (Å²) in [5.41, 5.74) is 1.22. The number of fused-ring (bicyclic) bond motifs is 1. The Kier molecular flexibility index (Phi) is 5.86. The average Bonchev–Trinajstić information content (AvgIpc) is 2.74. The van der Waals surface area contributed by atoms with E-state index in [0.29, 0.717) is 12.5 Å². The number of nitrogens with one attached hydrogen (secondary N) is 1. The zero-order valence-electron chi connectivity index (χ0n) is 16.7. The minimum absolute atomic E-state index is 0.379. The van der Waals surface area contributed by atoms with Gasteiger partial charge < -0.3 is 19.4 Å². The third-order valence-corrected chi connectivity index (χ3v) is 6.93. The van der Waals surface area contributed by atoms with Crippen molar-refractivity contribution in [3.63, 3.8) is 0 Å². The maximum absolute atomic E-state index is 12.9. The summed E-state index contributed by atoms with van der Waals surface area (Å²) >= 11 is 0. The highest BCUT2D eigenvalue weighted by atomic mass is 16.5. The Hall–Kier alpha value is -1.75. The fourth-order valence-corrected chi connectivity index (χ4v) is 5.22. The van der Waals surface area contributed by atoms with Crippen molar-refractivity contribution in [3.05, 3.63) is 24.3 Å². The number of carbonyl (C=O) groups is 1. The van der Waals surface area contributed by atoms with Gasteiger partial charge in [0.15, 0.2) is 6.54 Å². The van der Waals surface area contributed by atoms with Crippen LogP contribution in [-0.2, 0) is 4.79 Å². The number of ether oxygens (including phenoxy) is 1. The molecule has 2 saturated heterocycles. The van der Waals surface area contributed by atoms with Gasteiger partial charge in [-0.05, 0) is 36.8 Å². The summed E-state index contributed by atoms with van der Waals surface area (Å²) < 4.78 is 5.34. The normalized spacial score (nSPS) is 26.6. The summed E-state index contributed by atoms with van der Waals surface area (Å²) in [5.74, 6) is 2.95. The monoisotopic (exact) mass is 372 g/mol. The van der Waals surface area contributed by atoms with Crippen LogP contribution in [0.3, 0.4) is 0 Å². The summed E-state index contributed by atoms with van der Waals surface area (Å²) in [7, 11) is 1.71. The Labute approximate surface area is 163 Å². The molecule has 1 saturated carbocycles. The lowest BCUT2D eigenvalue weighted by atomic mass is 9.75. The first-order valence-corrected chi connectivity index (χ1v) is 10.7. The molecule has 0 radical (unpaired) electrons. The number of nitrogens with zero attached hydrogens (tertiary/aromatic N) is 2. The molecular weight excluding hydrogens is 338 g/mol. The molecular formula is C22H34N3O2+. The van der Waals surface area contributed by atoms with Gasteiger partial charge in [0.2, 0.25) is 0 Å². The Balaban J connectivity index is 1.26. The summed E-state index contributed by atoms with van der Waals surface area (Å²) in [6.45, 7) is 6.74. The first-order chi connectivity index (χ1) is 13.2. The minimum atomic E-state index is 0.379. The van der Waals surface area contributed by atoms with E-state index in [4.69, 9.17) is 4.74 Å². The van der Waals surface area contributed by atoms with Crippen LogP contribution < -0.4 is 14.5 Å². The van der Waals surface area contributed by atoms with Crippen LogP contribution in [0, 0.1) is 11.8 Å². The van der Waals surface area contributed by atoms with Crippen molar-refractivity contribution in [1.29, 1.82) is 0 Å². The van der Waals surface area contributed by atoms with Crippen molar-refractivity contribution >= 4 is 11.6 Å². The van der Waals surface area contributed by atoms with Gasteiger partial charge in [0.1, 0.15) is 5.75 Å². The second kappa shape index (κ2) is 8.51. The van der Waals surface area contributed by atoms with Crippen LogP contribution in [0.25, 0.3) is 0 Å². The Morgan fingerprint density at radius 1 is 1.11 bits per heavy atom. The van der Waals surface area contributed by atoms with Gasteiger partial charge in [-0.3, -0.25) is 4.79 Å². The van der Waals surface area contributed by atoms with E-state index in [-0.39, 0.29) is 0 Å². The van der Waals surface area contributed by atoms with Gasteiger partial charge in [0, 0.05) is 24.8 Å². The van der Waals surface area contributed by atoms with Gasteiger partial charge in [0.25, 0.3) is 5.91 Å². The molecule has 3 fully saturated rings. The van der Waals surface area contributed by atoms with Crippen molar-refractivity contribution in [2.24, 2.45) is 11.8 Å². The number of hydrogen-bond acceptors (Lipinski definition) is 3. The topological polar surface area (TPSA) is 37.2 Å². The number of methoxy groups -OCH3 is 1. The first-order valence-electron chi connectivity index (χ1n) is 10.7. The third-order valence-electron chi connectivity index (χ3n) is 6.93. The molecule has 0 spiro atoms. The van der Waals surface area contributed by atoms with Crippen LogP contribution >= 0.6 is 0 Å². The maximum Gasteiger partial charge on any atom is 0.277 e. The van der Waals surface area contributed by atoms with E-state index in [0.717, 1.165) is 56.9 Å². The number of quaternary nitrogens is 1. The fraction of sp³-hybridized carbons (Fsp3) is 0.682. The van der Waals surface area contributed by atoms with Crippen LogP contribution in [-0.4, -0.2) is 63.7 Å². The standard InChI is InChI=1S/C22H33N3O2/c1-27-21-8-4-7-20(15-21)24-13-11-23(12-14-24)17-22(26)25-10-9-18-5-2-3-6-19(18)16-25/h4,7-8,15,18-19H,2-3,5-6,9-14,16-17H2,1H3/p+1/t18-,19+/m1/s1. The number of amides is 1. The predicted octanol–water partition coefficient (Wildman–Crippen LogP) is 1.44. The number of anilines is 1. The number of hydrogen-bond donors (Lipinski definition) is 1. The molecule has 2 aliphatic heterocycles. The number of rotatable bonds is 4. The third kappa shape index (κ3) is 4.40. The van der Waals surface area contributed by atoms with Gasteiger partial charge in [-0.2, -0.15) is 0 Å². The molecule has 0 unspecified atom stereocenters. The zero-order valence-corrected chi connectivity index (χ0v) is 16.7. The predicted molar refractivity (Wildman–Crippen MR) is 107 cm³/mol. The van der Waals surface area contributed by atoms with Crippen LogP contribution in [0.1, 0.15) is 32.1 Å². The van der Waals surface area contributed by atoms with Crippen LogP contribution in [0.15, 0.2) is 24.3 Å². The van der Waals surface area contributed by atoms with Gasteiger partial charge in [-0.15, -0.1) is 0 Å². The molecule has 4 rings (SSSR count). The average molecular weight is 373 g/mol. The molecule has 3 aliphatic rings. The zero-order chi connectivity index (χ0) is 18.6. The Morgan fingerprint density at radius 3 is 2.67 bits per heavy atom. The fourth-order valence-electron chi connectivity index (χ4n) is 5.22. The van der Waals surface area contributed by atoms with Crippen molar-refractivity contribution in [3.8, 4) is 5.75 Å². The summed E-state index contributed by atoms with van der Waals surface area (Å²) in [5, 5.41) is 0. The van der Waals surface area contributed by atoms with Gasteiger partial charge in [-0.1, -0.05) is 25.3 Å². The molecule has 1 aromatic rings. The molecule has 0 bridgehead atoms. The van der Waals surface area contributed by atoms with Crippen molar-refractivity contribution < 1.29 is 14.4 Å². The van der Waals surface area contributed by atoms with Crippen molar-refractivity contribution in [2.45, 2.75) is 32.1 Å². The van der Waals surface area contributed by atoms with E-state index in [9.17, 15) is 4.79 Å². The van der Waals surface area contributed by atoms with Crippen LogP contribution in [0.5, 0.6) is 5.75 Å². The molecule has 1 amide bonds. The van der Waals surface area contributed by atoms with E-state index in [2.05, 4.69) is 21.9 Å². The van der Waals surface area contributed by atoms with E-state index >= 15 is 0 Å². The number of carbonyl (C=O) groups excluding carboxylic acids is 1. The molecule has 5 heteroatoms. The van der Waals surface area contributed by atoms with Gasteiger partial charge in [0.05, 0.1) is 33.3 Å². The highest BCUT2D eigenvalue weighted by Gasteiger charge is 2.34. The lowest BCUT2D eigenvalue weighted by molar-refractivity contribution is -0.892. The van der Waals surface area contributed by atoms with E-state index in [1.54, 1.807) is 7.11 Å². The Morgan fingerprint density at radius 2 is 1.89 bits per heavy atom.